The second-order valence-corrected chi connectivity index (χ2v) is 35.6. The quantitative estimate of drug-likeness (QED) is 0.0432. The number of benzene rings is 1. The highest BCUT2D eigenvalue weighted by Gasteiger charge is 2.57. The molecule has 664 valence electrons. The van der Waals surface area contributed by atoms with Crippen LogP contribution in [0.4, 0.5) is 0 Å². The third kappa shape index (κ3) is 22.2. The summed E-state index contributed by atoms with van der Waals surface area (Å²) in [5.41, 5.74) is -7.91. The summed E-state index contributed by atoms with van der Waals surface area (Å²) in [6, 6.07) is 2.11. The fourth-order valence-corrected chi connectivity index (χ4v) is 18.8. The van der Waals surface area contributed by atoms with E-state index in [0.29, 0.717) is 48.7 Å². The van der Waals surface area contributed by atoms with Crippen LogP contribution in [0.2, 0.25) is 0 Å². The number of carbonyl (C=O) groups excluding carboxylic acids is 3. The number of rotatable bonds is 23. The van der Waals surface area contributed by atoms with Crippen molar-refractivity contribution in [1.82, 2.24) is 9.80 Å². The topological polar surface area (TPSA) is 400 Å². The lowest BCUT2D eigenvalue weighted by Gasteiger charge is -2.50. The van der Waals surface area contributed by atoms with Crippen molar-refractivity contribution in [1.29, 1.82) is 0 Å². The van der Waals surface area contributed by atoms with E-state index in [9.17, 15) is 60.3 Å². The molecule has 0 radical (unpaired) electrons. The van der Waals surface area contributed by atoms with Crippen molar-refractivity contribution in [3.05, 3.63) is 17.7 Å². The number of hydrogen-bond donors (Lipinski definition) is 9. The molecule has 0 aliphatic carbocycles. The predicted octanol–water partition coefficient (Wildman–Crippen LogP) is 6.24. The Balaban J connectivity index is 1.21. The highest BCUT2D eigenvalue weighted by atomic mass is 16.7. The van der Waals surface area contributed by atoms with E-state index in [2.05, 4.69) is 5.16 Å². The average molecular weight is 1650 g/mol. The van der Waals surface area contributed by atoms with Gasteiger partial charge in [-0.25, -0.2) is 0 Å². The Labute approximate surface area is 682 Å². The number of nitrogens with zero attached hydrogens (tertiary/aromatic N) is 3. The summed E-state index contributed by atoms with van der Waals surface area (Å²) in [5, 5.41) is 115. The molecule has 6 aliphatic heterocycles. The zero-order valence-electron chi connectivity index (χ0n) is 73.5. The molecule has 7 rings (SSSR count). The molecule has 0 aromatic heterocycles. The van der Waals surface area contributed by atoms with Crippen LogP contribution in [0.3, 0.4) is 0 Å². The second-order valence-electron chi connectivity index (χ2n) is 35.6. The van der Waals surface area contributed by atoms with E-state index in [1.807, 2.05) is 44.7 Å². The van der Waals surface area contributed by atoms with Crippen molar-refractivity contribution in [2.24, 2.45) is 58.4 Å². The van der Waals surface area contributed by atoms with Gasteiger partial charge in [-0.05, 0) is 152 Å². The molecule has 1 aromatic carbocycles. The molecule has 6 fully saturated rings. The number of Topliss-reactive ketones (excluding diaryl/α,β-unsaturated/α-hetero) is 1. The summed E-state index contributed by atoms with van der Waals surface area (Å²) in [7, 11) is 11.1. The second kappa shape index (κ2) is 40.7. The molecule has 31 heteroatoms. The third-order valence-electron chi connectivity index (χ3n) is 26.4. The van der Waals surface area contributed by atoms with Crippen LogP contribution < -0.4 is 14.2 Å². The van der Waals surface area contributed by atoms with Gasteiger partial charge in [0.15, 0.2) is 36.7 Å². The summed E-state index contributed by atoms with van der Waals surface area (Å²) in [4.78, 5) is 54.5. The Morgan fingerprint density at radius 2 is 0.957 bits per heavy atom. The number of carbonyl (C=O) groups is 3. The van der Waals surface area contributed by atoms with E-state index in [1.165, 1.54) is 56.3 Å². The van der Waals surface area contributed by atoms with E-state index >= 15 is 0 Å². The van der Waals surface area contributed by atoms with Crippen molar-refractivity contribution in [3.8, 4) is 17.2 Å². The van der Waals surface area contributed by atoms with Crippen molar-refractivity contribution < 1.29 is 136 Å². The number of ketones is 1. The summed E-state index contributed by atoms with van der Waals surface area (Å²) in [6.45, 7) is 34.2. The molecule has 6 heterocycles. The van der Waals surface area contributed by atoms with Gasteiger partial charge in [-0.2, -0.15) is 0 Å². The molecule has 1 aromatic rings. The fourth-order valence-electron chi connectivity index (χ4n) is 18.8. The van der Waals surface area contributed by atoms with Gasteiger partial charge in [-0.3, -0.25) is 24.2 Å². The highest BCUT2D eigenvalue weighted by Crippen LogP contribution is 2.46. The van der Waals surface area contributed by atoms with Gasteiger partial charge in [0, 0.05) is 87.7 Å². The van der Waals surface area contributed by atoms with Gasteiger partial charge < -0.3 is 122 Å². The molecule has 9 N–H and O–H groups in total. The van der Waals surface area contributed by atoms with E-state index in [1.54, 1.807) is 109 Å². The van der Waals surface area contributed by atoms with E-state index in [0.717, 1.165) is 0 Å². The first-order chi connectivity index (χ1) is 53.6. The van der Waals surface area contributed by atoms with Crippen LogP contribution >= 0.6 is 0 Å². The van der Waals surface area contributed by atoms with Crippen LogP contribution in [0.25, 0.3) is 0 Å². The zero-order valence-corrected chi connectivity index (χ0v) is 73.5. The van der Waals surface area contributed by atoms with Gasteiger partial charge in [0.05, 0.1) is 123 Å². The monoisotopic (exact) mass is 1640 g/mol. The van der Waals surface area contributed by atoms with Crippen LogP contribution in [0.1, 0.15) is 195 Å². The number of cyclic esters (lactones) is 2. The number of methoxy groups -OCH3 is 5. The molecule has 0 saturated carbocycles. The molecule has 0 bridgehead atoms. The maximum atomic E-state index is 15.0. The van der Waals surface area contributed by atoms with Crippen LogP contribution in [0.15, 0.2) is 17.3 Å². The lowest BCUT2D eigenvalue weighted by atomic mass is 9.73. The Kier molecular flexibility index (Phi) is 34.7. The van der Waals surface area contributed by atoms with E-state index in [4.69, 9.17) is 75.9 Å². The maximum absolute atomic E-state index is 15.0. The van der Waals surface area contributed by atoms with Crippen LogP contribution in [0, 0.1) is 53.3 Å². The minimum atomic E-state index is -2.08. The van der Waals surface area contributed by atoms with Crippen molar-refractivity contribution in [3.63, 3.8) is 0 Å². The summed E-state index contributed by atoms with van der Waals surface area (Å²) in [6.07, 6.45) is -21.9. The lowest BCUT2D eigenvalue weighted by Crippen LogP contribution is -2.62. The number of aliphatic hydroxyl groups excluding tert-OH is 6. The Hall–Kier alpha value is -4.14. The average Bonchev–Trinajstić information content (AvgIpc) is 0.750. The first kappa shape index (κ1) is 98.0. The van der Waals surface area contributed by atoms with Crippen LogP contribution in [-0.2, 0) is 82.7 Å². The third-order valence-corrected chi connectivity index (χ3v) is 26.4. The van der Waals surface area contributed by atoms with Gasteiger partial charge in [-0.15, -0.1) is 0 Å². The molecule has 31 nitrogen and oxygen atoms in total. The Bertz CT molecular complexity index is 3260. The summed E-state index contributed by atoms with van der Waals surface area (Å²) >= 11 is 0. The first-order valence-corrected chi connectivity index (χ1v) is 41.5. The molecular weight excluding hydrogens is 1500 g/mol. The number of esters is 2. The Morgan fingerprint density at radius 1 is 0.504 bits per heavy atom. The molecule has 0 spiro atoms. The molecule has 0 amide bonds. The van der Waals surface area contributed by atoms with Gasteiger partial charge >= 0.3 is 11.9 Å². The number of hydrogen-bond acceptors (Lipinski definition) is 31. The zero-order chi connectivity index (χ0) is 86.4. The first-order valence-electron chi connectivity index (χ1n) is 41.5. The predicted molar refractivity (Wildman–Crippen MR) is 422 cm³/mol. The minimum Gasteiger partial charge on any atom is -0.493 e. The van der Waals surface area contributed by atoms with Gasteiger partial charge in [0.2, 0.25) is 5.75 Å². The molecule has 16 unspecified atom stereocenters. The smallest absolute Gasteiger partial charge is 0.311 e. The van der Waals surface area contributed by atoms with Crippen molar-refractivity contribution in [2.45, 2.75) is 359 Å². The van der Waals surface area contributed by atoms with Crippen molar-refractivity contribution in [2.75, 3.05) is 62.7 Å². The maximum Gasteiger partial charge on any atom is 0.311 e. The normalized spacial score (nSPS) is 45.2. The SMILES string of the molecule is CC[C@H]1OC(=O)[C@H](C)[C@@H](OC2CC(C)(OC)C(O)C(C)O2)[C@H](C)[C@@H](OC2OC(C)CC(N(C)CCN(C)C3CC(C)OC(O[C@@H]4[C@@H](C)[C@H](OC5CC(C)C(O)C(C)O5)[C@@H](C)C(=O)O[C@H](CC)[C@@](C)(O)[C@H](O)[C@@H](C)/C(=N/OCc5cc(OC)c(OC)c(OC)c5)[C@H](C)C[C@]4(C)O)C3O)C2O)[C@@](C)(OC)C[C@@H](C)C(=O)[C@H](C)[C@@H](O)[C@]1(C)O. The fraction of sp³-hybridized carbons (Fsp3) is 0.881. The molecule has 6 saturated heterocycles. The number of likely N-dealkylation sites (N-methyl/N-ethyl adjacent to an activating group) is 2. The van der Waals surface area contributed by atoms with E-state index < -0.39 is 228 Å². The summed E-state index contributed by atoms with van der Waals surface area (Å²) in [5.74, 6) is -9.16. The number of aliphatic hydroxyl groups is 9. The number of ether oxygens (including phenoxy) is 15. The standard InChI is InChI=1S/C84H145N3O28/c1-28-59-83(19,98)71(92)46(8)63(85-105-40-54-35-57(100-23)70(102-25)58(36-54)101-24)42(4)37-80(16,97)74(48(10)68(50(12)76(95)110-59)112-61-32-41(3)65(89)52(14)108-61)114-78-66(90)55(33-44(6)106-78)86(21)30-31-87(22)56-34-45(7)107-79(67(56)91)115-75-49(11)69(113-62-39-81(17,103-26)73(94)53(15)109-62)51(13)77(96)111-60(29-2)84(20,99)72(93)47(9)64(88)43(5)38-82(75,18)104-27/h35-36,41-53,55-56,59-62,65-69,71-75,78-79,89-94,97-99H,28-34,37-40H2,1-27H3/b85-63+/t41?,42-,43-,44?,45?,46+,47+,48+,49+,50-,51-,52?,53?,55?,56?,59-,60-,61?,62?,65?,66?,67?,68+,69+,71-,72-,73?,74-,75-,78?,79?,80+,81?,82+,83-,84-/m1/s1. The van der Waals surface area contributed by atoms with Crippen molar-refractivity contribution >= 4 is 23.4 Å². The highest BCUT2D eigenvalue weighted by molar-refractivity contribution is 5.89. The van der Waals surface area contributed by atoms with Crippen LogP contribution in [-0.4, -0.2) is 305 Å². The molecule has 36 atom stereocenters. The largest absolute Gasteiger partial charge is 0.493 e. The van der Waals surface area contributed by atoms with E-state index in [-0.39, 0.29) is 56.8 Å². The lowest BCUT2D eigenvalue weighted by molar-refractivity contribution is -0.319. The molecule has 6 aliphatic rings. The Morgan fingerprint density at radius 3 is 1.41 bits per heavy atom. The van der Waals surface area contributed by atoms with Gasteiger partial charge in [0.25, 0.3) is 0 Å². The molecule has 115 heavy (non-hydrogen) atoms. The van der Waals surface area contributed by atoms with Gasteiger partial charge in [0.1, 0.15) is 54.1 Å². The summed E-state index contributed by atoms with van der Waals surface area (Å²) < 4.78 is 95.5. The number of oxime groups is 1. The minimum absolute atomic E-state index is 0.0195. The van der Waals surface area contributed by atoms with Crippen LogP contribution in [0.5, 0.6) is 17.2 Å². The van der Waals surface area contributed by atoms with Gasteiger partial charge in [-0.1, -0.05) is 67.5 Å². The molecular formula is C84H145N3O28.